The van der Waals surface area contributed by atoms with Crippen LogP contribution in [0, 0.1) is 37.0 Å². The number of esters is 1. The zero-order chi connectivity index (χ0) is 21.3. The van der Waals surface area contributed by atoms with Crippen LogP contribution in [0.3, 0.4) is 0 Å². The van der Waals surface area contributed by atoms with Crippen molar-refractivity contribution in [2.75, 3.05) is 18.5 Å². The van der Waals surface area contributed by atoms with Gasteiger partial charge in [0, 0.05) is 17.6 Å². The number of ether oxygens (including phenoxy) is 1. The summed E-state index contributed by atoms with van der Waals surface area (Å²) in [5.74, 6) is 1.40. The number of nitrogens with one attached hydrogen (secondary N) is 2. The molecule has 4 saturated carbocycles. The van der Waals surface area contributed by atoms with Crippen LogP contribution in [0.4, 0.5) is 5.69 Å². The highest BCUT2D eigenvalue weighted by Gasteiger charge is 2.54. The van der Waals surface area contributed by atoms with Gasteiger partial charge in [-0.2, -0.15) is 0 Å². The lowest BCUT2D eigenvalue weighted by Crippen LogP contribution is -2.53. The first kappa shape index (κ1) is 20.9. The Morgan fingerprint density at radius 3 is 2.30 bits per heavy atom. The number of hydrogen-bond donors (Lipinski definition) is 2. The normalized spacial score (nSPS) is 28.8. The third-order valence-electron chi connectivity index (χ3n) is 7.17. The van der Waals surface area contributed by atoms with Crippen molar-refractivity contribution in [3.8, 4) is 0 Å². The van der Waals surface area contributed by atoms with Crippen molar-refractivity contribution >= 4 is 23.5 Å². The Hall–Kier alpha value is -2.37. The molecule has 4 fully saturated rings. The molecule has 0 spiro atoms. The van der Waals surface area contributed by atoms with E-state index in [-0.39, 0.29) is 36.8 Å². The molecular weight excluding hydrogens is 380 g/mol. The number of anilines is 1. The molecule has 0 atom stereocenters. The first-order valence-electron chi connectivity index (χ1n) is 11.1. The van der Waals surface area contributed by atoms with Crippen molar-refractivity contribution in [1.29, 1.82) is 0 Å². The summed E-state index contributed by atoms with van der Waals surface area (Å²) in [4.78, 5) is 36.9. The van der Waals surface area contributed by atoms with Crippen molar-refractivity contribution in [2.24, 2.45) is 23.2 Å². The third kappa shape index (κ3) is 4.52. The number of carbonyl (C=O) groups excluding carboxylic acids is 3. The standard InChI is InChI=1S/C24H32N2O4/c1-15-3-4-16(2)20(7-15)26-21(27)14-30-22(28)5-6-25-23(29)24-11-17-8-18(12-24)10-19(9-17)13-24/h3-4,7,17-19H,5-6,8-14H2,1-2H3,(H,25,29)(H,26,27). The molecule has 6 nitrogen and oxygen atoms in total. The lowest BCUT2D eigenvalue weighted by atomic mass is 9.49. The van der Waals surface area contributed by atoms with Gasteiger partial charge in [-0.05, 0) is 87.3 Å². The van der Waals surface area contributed by atoms with Crippen molar-refractivity contribution in [3.05, 3.63) is 29.3 Å². The molecular formula is C24H32N2O4. The summed E-state index contributed by atoms with van der Waals surface area (Å²) >= 11 is 0. The summed E-state index contributed by atoms with van der Waals surface area (Å²) in [6.45, 7) is 3.80. The molecule has 0 heterocycles. The summed E-state index contributed by atoms with van der Waals surface area (Å²) < 4.78 is 5.07. The largest absolute Gasteiger partial charge is 0.456 e. The minimum Gasteiger partial charge on any atom is -0.456 e. The molecule has 0 unspecified atom stereocenters. The number of benzene rings is 1. The average molecular weight is 413 g/mol. The fraction of sp³-hybridized carbons (Fsp3) is 0.625. The van der Waals surface area contributed by atoms with Gasteiger partial charge in [0.15, 0.2) is 6.61 Å². The van der Waals surface area contributed by atoms with Crippen LogP contribution in [-0.2, 0) is 19.1 Å². The van der Waals surface area contributed by atoms with E-state index < -0.39 is 5.97 Å². The molecule has 4 aliphatic rings. The van der Waals surface area contributed by atoms with Gasteiger partial charge in [0.2, 0.25) is 5.91 Å². The van der Waals surface area contributed by atoms with Crippen molar-refractivity contribution in [1.82, 2.24) is 5.32 Å². The van der Waals surface area contributed by atoms with Gasteiger partial charge in [-0.3, -0.25) is 14.4 Å². The summed E-state index contributed by atoms with van der Waals surface area (Å²) in [7, 11) is 0. The van der Waals surface area contributed by atoms with E-state index in [1.165, 1.54) is 19.3 Å². The molecule has 0 saturated heterocycles. The minimum atomic E-state index is -0.475. The molecule has 1 aromatic carbocycles. The van der Waals surface area contributed by atoms with Crippen LogP contribution in [0.2, 0.25) is 0 Å². The Kier molecular flexibility index (Phi) is 5.85. The molecule has 2 amide bonds. The van der Waals surface area contributed by atoms with E-state index in [0.29, 0.717) is 17.8 Å². The van der Waals surface area contributed by atoms with Crippen LogP contribution in [0.5, 0.6) is 0 Å². The van der Waals surface area contributed by atoms with Gasteiger partial charge in [0.05, 0.1) is 6.42 Å². The second kappa shape index (κ2) is 8.40. The quantitative estimate of drug-likeness (QED) is 0.671. The zero-order valence-corrected chi connectivity index (χ0v) is 18.0. The van der Waals surface area contributed by atoms with E-state index in [1.54, 1.807) is 0 Å². The smallest absolute Gasteiger partial charge is 0.308 e. The molecule has 4 aliphatic carbocycles. The van der Waals surface area contributed by atoms with Gasteiger partial charge in [0.25, 0.3) is 5.91 Å². The molecule has 0 aliphatic heterocycles. The summed E-state index contributed by atoms with van der Waals surface area (Å²) in [5, 5.41) is 5.74. The monoisotopic (exact) mass is 412 g/mol. The van der Waals surface area contributed by atoms with Crippen molar-refractivity contribution < 1.29 is 19.1 Å². The van der Waals surface area contributed by atoms with Gasteiger partial charge < -0.3 is 15.4 Å². The maximum absolute atomic E-state index is 12.9. The SMILES string of the molecule is Cc1ccc(C)c(NC(=O)COC(=O)CCNC(=O)C23CC4CC(CC(C4)C2)C3)c1. The molecule has 30 heavy (non-hydrogen) atoms. The Morgan fingerprint density at radius 2 is 1.67 bits per heavy atom. The first-order valence-corrected chi connectivity index (χ1v) is 11.1. The van der Waals surface area contributed by atoms with Crippen LogP contribution in [-0.4, -0.2) is 30.9 Å². The number of aryl methyl sites for hydroxylation is 2. The van der Waals surface area contributed by atoms with Crippen LogP contribution in [0.15, 0.2) is 18.2 Å². The van der Waals surface area contributed by atoms with Gasteiger partial charge >= 0.3 is 5.97 Å². The predicted molar refractivity (Wildman–Crippen MR) is 114 cm³/mol. The molecule has 0 radical (unpaired) electrons. The first-order chi connectivity index (χ1) is 14.3. The highest BCUT2D eigenvalue weighted by molar-refractivity contribution is 5.93. The van der Waals surface area contributed by atoms with Gasteiger partial charge in [0.1, 0.15) is 0 Å². The Morgan fingerprint density at radius 1 is 1.03 bits per heavy atom. The number of hydrogen-bond acceptors (Lipinski definition) is 4. The molecule has 6 heteroatoms. The van der Waals surface area contributed by atoms with E-state index in [9.17, 15) is 14.4 Å². The van der Waals surface area contributed by atoms with Crippen molar-refractivity contribution in [3.63, 3.8) is 0 Å². The van der Waals surface area contributed by atoms with E-state index in [0.717, 1.165) is 36.1 Å². The predicted octanol–water partition coefficient (Wildman–Crippen LogP) is 3.51. The topological polar surface area (TPSA) is 84.5 Å². The lowest BCUT2D eigenvalue weighted by Gasteiger charge is -2.55. The second-order valence-corrected chi connectivity index (χ2v) is 9.73. The molecule has 2 N–H and O–H groups in total. The Bertz CT molecular complexity index is 812. The Labute approximate surface area is 178 Å². The van der Waals surface area contributed by atoms with Crippen LogP contribution < -0.4 is 10.6 Å². The van der Waals surface area contributed by atoms with E-state index >= 15 is 0 Å². The molecule has 1 aromatic rings. The fourth-order valence-electron chi connectivity index (χ4n) is 6.13. The fourth-order valence-corrected chi connectivity index (χ4v) is 6.13. The molecule has 162 valence electrons. The number of rotatable bonds is 7. The Balaban J connectivity index is 1.18. The summed E-state index contributed by atoms with van der Waals surface area (Å²) in [5.41, 5.74) is 2.51. The zero-order valence-electron chi connectivity index (χ0n) is 18.0. The van der Waals surface area contributed by atoms with E-state index in [4.69, 9.17) is 4.74 Å². The van der Waals surface area contributed by atoms with Gasteiger partial charge in [-0.25, -0.2) is 0 Å². The maximum atomic E-state index is 12.9. The lowest BCUT2D eigenvalue weighted by molar-refractivity contribution is -0.148. The number of carbonyl (C=O) groups is 3. The van der Waals surface area contributed by atoms with Crippen molar-refractivity contribution in [2.45, 2.75) is 58.8 Å². The molecule has 4 bridgehead atoms. The van der Waals surface area contributed by atoms with Crippen LogP contribution in [0.25, 0.3) is 0 Å². The van der Waals surface area contributed by atoms with Crippen LogP contribution in [0.1, 0.15) is 56.1 Å². The maximum Gasteiger partial charge on any atom is 0.308 e. The summed E-state index contributed by atoms with van der Waals surface area (Å²) in [6.07, 6.45) is 6.99. The van der Waals surface area contributed by atoms with Gasteiger partial charge in [-0.15, -0.1) is 0 Å². The number of amides is 2. The molecule has 5 rings (SSSR count). The highest BCUT2D eigenvalue weighted by atomic mass is 16.5. The third-order valence-corrected chi connectivity index (χ3v) is 7.17. The van der Waals surface area contributed by atoms with Gasteiger partial charge in [-0.1, -0.05) is 12.1 Å². The minimum absolute atomic E-state index is 0.0782. The summed E-state index contributed by atoms with van der Waals surface area (Å²) in [6, 6.07) is 5.79. The van der Waals surface area contributed by atoms with E-state index in [1.807, 2.05) is 32.0 Å². The van der Waals surface area contributed by atoms with E-state index in [2.05, 4.69) is 10.6 Å². The molecule has 0 aromatic heterocycles. The highest BCUT2D eigenvalue weighted by Crippen LogP contribution is 2.60. The van der Waals surface area contributed by atoms with Crippen LogP contribution >= 0.6 is 0 Å². The second-order valence-electron chi connectivity index (χ2n) is 9.73. The average Bonchev–Trinajstić information content (AvgIpc) is 2.68.